The molecule has 1 heterocycles. The Hall–Kier alpha value is -1.04. The SMILES string of the molecule is CCCC1CCCN(Cc2ccc(C#N)cc2Cl)CC1. The molecule has 1 aliphatic rings. The Morgan fingerprint density at radius 3 is 2.90 bits per heavy atom. The predicted molar refractivity (Wildman–Crippen MR) is 83.7 cm³/mol. The molecule has 1 unspecified atom stereocenters. The zero-order valence-corrected chi connectivity index (χ0v) is 13.0. The van der Waals surface area contributed by atoms with Crippen molar-refractivity contribution in [1.82, 2.24) is 4.90 Å². The number of hydrogen-bond donors (Lipinski definition) is 0. The summed E-state index contributed by atoms with van der Waals surface area (Å²) < 4.78 is 0. The minimum absolute atomic E-state index is 0.637. The lowest BCUT2D eigenvalue weighted by Gasteiger charge is -2.21. The summed E-state index contributed by atoms with van der Waals surface area (Å²) >= 11 is 6.27. The van der Waals surface area contributed by atoms with Crippen LogP contribution in [0.3, 0.4) is 0 Å². The first kappa shape index (κ1) is 15.4. The molecule has 1 atom stereocenters. The van der Waals surface area contributed by atoms with Crippen LogP contribution in [0, 0.1) is 17.2 Å². The molecular weight excluding hydrogens is 268 g/mol. The quantitative estimate of drug-likeness (QED) is 0.809. The minimum atomic E-state index is 0.637. The second-order valence-corrected chi connectivity index (χ2v) is 6.19. The van der Waals surface area contributed by atoms with Gasteiger partial charge in [0.1, 0.15) is 0 Å². The highest BCUT2D eigenvalue weighted by Gasteiger charge is 2.17. The highest BCUT2D eigenvalue weighted by molar-refractivity contribution is 6.31. The molecule has 1 aromatic rings. The van der Waals surface area contributed by atoms with Crippen molar-refractivity contribution in [2.75, 3.05) is 13.1 Å². The fraction of sp³-hybridized carbons (Fsp3) is 0.588. The summed E-state index contributed by atoms with van der Waals surface area (Å²) in [4.78, 5) is 2.50. The Balaban J connectivity index is 1.95. The highest BCUT2D eigenvalue weighted by Crippen LogP contribution is 2.25. The van der Waals surface area contributed by atoms with Crippen LogP contribution in [0.15, 0.2) is 18.2 Å². The van der Waals surface area contributed by atoms with Crippen LogP contribution >= 0.6 is 11.6 Å². The molecular formula is C17H23ClN2. The van der Waals surface area contributed by atoms with Crippen LogP contribution in [0.2, 0.25) is 5.02 Å². The Labute approximate surface area is 127 Å². The van der Waals surface area contributed by atoms with Crippen molar-refractivity contribution in [3.63, 3.8) is 0 Å². The third kappa shape index (κ3) is 4.23. The van der Waals surface area contributed by atoms with Crippen LogP contribution in [-0.2, 0) is 6.54 Å². The van der Waals surface area contributed by atoms with E-state index in [2.05, 4.69) is 17.9 Å². The molecule has 1 aromatic carbocycles. The minimum Gasteiger partial charge on any atom is -0.299 e. The van der Waals surface area contributed by atoms with E-state index in [1.807, 2.05) is 12.1 Å². The van der Waals surface area contributed by atoms with Crippen LogP contribution in [0.1, 0.15) is 50.2 Å². The first-order chi connectivity index (χ1) is 9.72. The highest BCUT2D eigenvalue weighted by atomic mass is 35.5. The van der Waals surface area contributed by atoms with Gasteiger partial charge in [-0.15, -0.1) is 0 Å². The first-order valence-electron chi connectivity index (χ1n) is 7.63. The van der Waals surface area contributed by atoms with Gasteiger partial charge in [-0.05, 0) is 56.0 Å². The van der Waals surface area contributed by atoms with E-state index in [4.69, 9.17) is 16.9 Å². The predicted octanol–water partition coefficient (Wildman–Crippen LogP) is 4.61. The lowest BCUT2D eigenvalue weighted by molar-refractivity contribution is 0.271. The molecule has 0 aliphatic carbocycles. The van der Waals surface area contributed by atoms with Crippen molar-refractivity contribution in [2.24, 2.45) is 5.92 Å². The average Bonchev–Trinajstić information content (AvgIpc) is 2.67. The van der Waals surface area contributed by atoms with E-state index in [0.29, 0.717) is 5.56 Å². The Bertz CT molecular complexity index is 478. The van der Waals surface area contributed by atoms with Crippen LogP contribution in [0.25, 0.3) is 0 Å². The number of nitriles is 1. The van der Waals surface area contributed by atoms with E-state index < -0.39 is 0 Å². The lowest BCUT2D eigenvalue weighted by Crippen LogP contribution is -2.24. The zero-order chi connectivity index (χ0) is 14.4. The monoisotopic (exact) mass is 290 g/mol. The zero-order valence-electron chi connectivity index (χ0n) is 12.2. The van der Waals surface area contributed by atoms with Gasteiger partial charge in [0.25, 0.3) is 0 Å². The van der Waals surface area contributed by atoms with Gasteiger partial charge in [-0.2, -0.15) is 5.26 Å². The third-order valence-electron chi connectivity index (χ3n) is 4.21. The van der Waals surface area contributed by atoms with Crippen molar-refractivity contribution in [3.8, 4) is 6.07 Å². The number of benzene rings is 1. The van der Waals surface area contributed by atoms with Crippen LogP contribution in [-0.4, -0.2) is 18.0 Å². The first-order valence-corrected chi connectivity index (χ1v) is 8.01. The van der Waals surface area contributed by atoms with Crippen LogP contribution < -0.4 is 0 Å². The number of halogens is 1. The third-order valence-corrected chi connectivity index (χ3v) is 4.57. The van der Waals surface area contributed by atoms with Gasteiger partial charge in [0.05, 0.1) is 11.6 Å². The van der Waals surface area contributed by atoms with Crippen molar-refractivity contribution in [2.45, 2.75) is 45.6 Å². The summed E-state index contributed by atoms with van der Waals surface area (Å²) in [6.45, 7) is 5.51. The van der Waals surface area contributed by atoms with E-state index in [9.17, 15) is 0 Å². The van der Waals surface area contributed by atoms with Gasteiger partial charge in [0, 0.05) is 11.6 Å². The summed E-state index contributed by atoms with van der Waals surface area (Å²) in [5, 5.41) is 9.59. The van der Waals surface area contributed by atoms with E-state index in [-0.39, 0.29) is 0 Å². The van der Waals surface area contributed by atoms with Crippen LogP contribution in [0.4, 0.5) is 0 Å². The summed E-state index contributed by atoms with van der Waals surface area (Å²) in [5.41, 5.74) is 1.78. The number of rotatable bonds is 4. The van der Waals surface area contributed by atoms with E-state index >= 15 is 0 Å². The largest absolute Gasteiger partial charge is 0.299 e. The maximum Gasteiger partial charge on any atom is 0.0992 e. The van der Waals surface area contributed by atoms with Crippen molar-refractivity contribution >= 4 is 11.6 Å². The molecule has 1 aliphatic heterocycles. The van der Waals surface area contributed by atoms with Crippen molar-refractivity contribution < 1.29 is 0 Å². The number of nitrogens with zero attached hydrogens (tertiary/aromatic N) is 2. The van der Waals surface area contributed by atoms with Crippen molar-refractivity contribution in [3.05, 3.63) is 34.3 Å². The molecule has 0 aromatic heterocycles. The Kier molecular flexibility index (Phi) is 5.88. The molecule has 0 amide bonds. The molecule has 108 valence electrons. The second-order valence-electron chi connectivity index (χ2n) is 5.78. The lowest BCUT2D eigenvalue weighted by atomic mass is 9.96. The molecule has 20 heavy (non-hydrogen) atoms. The van der Waals surface area contributed by atoms with Gasteiger partial charge < -0.3 is 0 Å². The summed E-state index contributed by atoms with van der Waals surface area (Å²) in [6.07, 6.45) is 6.63. The van der Waals surface area contributed by atoms with Gasteiger partial charge in [0.15, 0.2) is 0 Å². The summed E-state index contributed by atoms with van der Waals surface area (Å²) in [7, 11) is 0. The molecule has 1 saturated heterocycles. The molecule has 1 fully saturated rings. The van der Waals surface area contributed by atoms with Gasteiger partial charge >= 0.3 is 0 Å². The average molecular weight is 291 g/mol. The topological polar surface area (TPSA) is 27.0 Å². The molecule has 0 radical (unpaired) electrons. The molecule has 0 bridgehead atoms. The van der Waals surface area contributed by atoms with Gasteiger partial charge in [-0.25, -0.2) is 0 Å². The molecule has 3 heteroatoms. The Morgan fingerprint density at radius 1 is 1.35 bits per heavy atom. The smallest absolute Gasteiger partial charge is 0.0992 e. The number of likely N-dealkylation sites (tertiary alicyclic amines) is 1. The van der Waals surface area contributed by atoms with Gasteiger partial charge in [-0.1, -0.05) is 37.4 Å². The molecule has 0 spiro atoms. The van der Waals surface area contributed by atoms with E-state index in [0.717, 1.165) is 29.6 Å². The van der Waals surface area contributed by atoms with Crippen LogP contribution in [0.5, 0.6) is 0 Å². The maximum absolute atomic E-state index is 8.87. The normalized spacial score (nSPS) is 20.4. The Morgan fingerprint density at radius 2 is 2.20 bits per heavy atom. The standard InChI is InChI=1S/C17H23ClN2/c1-2-4-14-5-3-9-20(10-8-14)13-16-7-6-15(12-19)11-17(16)18/h6-7,11,14H,2-5,8-10,13H2,1H3. The number of hydrogen-bond acceptors (Lipinski definition) is 2. The van der Waals surface area contributed by atoms with Gasteiger partial charge in [0.2, 0.25) is 0 Å². The fourth-order valence-corrected chi connectivity index (χ4v) is 3.31. The second kappa shape index (κ2) is 7.67. The fourth-order valence-electron chi connectivity index (χ4n) is 3.07. The van der Waals surface area contributed by atoms with Crippen molar-refractivity contribution in [1.29, 1.82) is 5.26 Å². The summed E-state index contributed by atoms with van der Waals surface area (Å²) in [6, 6.07) is 7.76. The maximum atomic E-state index is 8.87. The molecule has 0 saturated carbocycles. The molecule has 2 rings (SSSR count). The van der Waals surface area contributed by atoms with Gasteiger partial charge in [-0.3, -0.25) is 4.90 Å². The summed E-state index contributed by atoms with van der Waals surface area (Å²) in [5.74, 6) is 0.904. The van der Waals surface area contributed by atoms with E-state index in [1.54, 1.807) is 6.07 Å². The molecule has 0 N–H and O–H groups in total. The molecule has 2 nitrogen and oxygen atoms in total. The van der Waals surface area contributed by atoms with E-state index in [1.165, 1.54) is 38.6 Å².